The number of rotatable bonds is 11. The maximum absolute atomic E-state index is 13.0. The van der Waals surface area contributed by atoms with Crippen LogP contribution in [0.15, 0.2) is 77.6 Å². The summed E-state index contributed by atoms with van der Waals surface area (Å²) in [6, 6.07) is 24.4. The van der Waals surface area contributed by atoms with Crippen LogP contribution in [0.1, 0.15) is 62.7 Å². The van der Waals surface area contributed by atoms with E-state index in [1.165, 1.54) is 10.2 Å². The molecule has 0 saturated heterocycles. The predicted molar refractivity (Wildman–Crippen MR) is 157 cm³/mol. The highest BCUT2D eigenvalue weighted by Gasteiger charge is 2.15. The lowest BCUT2D eigenvalue weighted by molar-refractivity contribution is -0.142. The third-order valence-electron chi connectivity index (χ3n) is 6.84. The highest BCUT2D eigenvalue weighted by Crippen LogP contribution is 2.23. The fraction of sp³-hybridized carbons (Fsp3) is 0.364. The molecule has 3 aromatic carbocycles. The quantitative estimate of drug-likeness (QED) is 0.221. The maximum Gasteiger partial charge on any atom is 0.346 e. The highest BCUT2D eigenvalue weighted by atomic mass is 16.5. The number of nitrogens with zero attached hydrogens (tertiary/aromatic N) is 3. The van der Waals surface area contributed by atoms with Crippen LogP contribution < -0.4 is 5.69 Å². The number of hydrogen-bond acceptors (Lipinski definition) is 5. The van der Waals surface area contributed by atoms with E-state index >= 15 is 0 Å². The standard InChI is InChI=1S/C33H39N3O4/c1-6-35-30(34-36(32(35)38)21-24-13-17-29(18-14-24)33(3,4)5)23-39-22-25-11-15-27(16-12-25)28-10-8-9-26(19-28)20-31(37)40-7-2/h8-19H,6-7,20-23H2,1-5H3. The van der Waals surface area contributed by atoms with Crippen molar-refractivity contribution in [3.63, 3.8) is 0 Å². The summed E-state index contributed by atoms with van der Waals surface area (Å²) in [6.07, 6.45) is 0.260. The summed E-state index contributed by atoms with van der Waals surface area (Å²) in [5, 5.41) is 4.58. The number of esters is 1. The van der Waals surface area contributed by atoms with Gasteiger partial charge in [-0.25, -0.2) is 9.48 Å². The number of benzene rings is 3. The Balaban J connectivity index is 1.37. The van der Waals surface area contributed by atoms with Crippen LogP contribution in [0, 0.1) is 0 Å². The first-order valence-corrected chi connectivity index (χ1v) is 13.9. The van der Waals surface area contributed by atoms with Crippen molar-refractivity contribution in [2.45, 2.75) is 72.8 Å². The normalized spacial score (nSPS) is 11.5. The average molecular weight is 542 g/mol. The molecule has 0 spiro atoms. The van der Waals surface area contributed by atoms with E-state index in [4.69, 9.17) is 9.47 Å². The fourth-order valence-electron chi connectivity index (χ4n) is 4.59. The largest absolute Gasteiger partial charge is 0.466 e. The van der Waals surface area contributed by atoms with Gasteiger partial charge in [-0.1, -0.05) is 93.6 Å². The minimum Gasteiger partial charge on any atom is -0.466 e. The lowest BCUT2D eigenvalue weighted by atomic mass is 9.87. The van der Waals surface area contributed by atoms with Crippen LogP contribution in [-0.4, -0.2) is 26.9 Å². The predicted octanol–water partition coefficient (Wildman–Crippen LogP) is 5.90. The minimum atomic E-state index is -0.222. The molecule has 0 aliphatic rings. The maximum atomic E-state index is 13.0. The number of carbonyl (C=O) groups is 1. The Morgan fingerprint density at radius 3 is 2.20 bits per heavy atom. The molecular weight excluding hydrogens is 502 g/mol. The molecule has 0 amide bonds. The number of hydrogen-bond donors (Lipinski definition) is 0. The van der Waals surface area contributed by atoms with Gasteiger partial charge < -0.3 is 9.47 Å². The summed E-state index contributed by atoms with van der Waals surface area (Å²) in [7, 11) is 0. The van der Waals surface area contributed by atoms with Crippen LogP contribution in [0.5, 0.6) is 0 Å². The average Bonchev–Trinajstić information content (AvgIpc) is 3.22. The van der Waals surface area contributed by atoms with Crippen LogP contribution in [0.25, 0.3) is 11.1 Å². The van der Waals surface area contributed by atoms with Crippen molar-refractivity contribution in [3.05, 3.63) is 111 Å². The SMILES string of the molecule is CCOC(=O)Cc1cccc(-c2ccc(COCc3nn(Cc4ccc(C(C)(C)C)cc4)c(=O)n3CC)cc2)c1. The first kappa shape index (κ1) is 29.0. The Labute approximate surface area is 236 Å². The first-order chi connectivity index (χ1) is 19.2. The van der Waals surface area contributed by atoms with Gasteiger partial charge in [-0.2, -0.15) is 5.10 Å². The zero-order valence-corrected chi connectivity index (χ0v) is 24.1. The van der Waals surface area contributed by atoms with E-state index in [2.05, 4.69) is 50.1 Å². The van der Waals surface area contributed by atoms with Gasteiger partial charge in [-0.15, -0.1) is 0 Å². The molecule has 40 heavy (non-hydrogen) atoms. The summed E-state index contributed by atoms with van der Waals surface area (Å²) in [6.45, 7) is 12.3. The Morgan fingerprint density at radius 2 is 1.55 bits per heavy atom. The van der Waals surface area contributed by atoms with Gasteiger partial charge in [0.1, 0.15) is 6.61 Å². The smallest absolute Gasteiger partial charge is 0.346 e. The van der Waals surface area contributed by atoms with E-state index in [0.717, 1.165) is 27.8 Å². The van der Waals surface area contributed by atoms with Crippen LogP contribution >= 0.6 is 0 Å². The van der Waals surface area contributed by atoms with Gasteiger partial charge in [0.15, 0.2) is 5.82 Å². The minimum absolute atomic E-state index is 0.0838. The summed E-state index contributed by atoms with van der Waals surface area (Å²) >= 11 is 0. The molecule has 4 rings (SSSR count). The number of aromatic nitrogens is 3. The molecule has 0 atom stereocenters. The lowest BCUT2D eigenvalue weighted by Gasteiger charge is -2.19. The van der Waals surface area contributed by atoms with Gasteiger partial charge >= 0.3 is 11.7 Å². The zero-order valence-electron chi connectivity index (χ0n) is 24.1. The third kappa shape index (κ3) is 7.36. The lowest BCUT2D eigenvalue weighted by Crippen LogP contribution is -2.25. The van der Waals surface area contributed by atoms with Crippen LogP contribution in [0.4, 0.5) is 0 Å². The van der Waals surface area contributed by atoms with Crippen molar-refractivity contribution in [1.82, 2.24) is 14.3 Å². The van der Waals surface area contributed by atoms with Gasteiger partial charge in [-0.3, -0.25) is 9.36 Å². The number of ether oxygens (including phenoxy) is 2. The Morgan fingerprint density at radius 1 is 0.850 bits per heavy atom. The molecular formula is C33H39N3O4. The van der Waals surface area contributed by atoms with Crippen molar-refractivity contribution in [1.29, 1.82) is 0 Å². The molecule has 0 N–H and O–H groups in total. The fourth-order valence-corrected chi connectivity index (χ4v) is 4.59. The first-order valence-electron chi connectivity index (χ1n) is 13.9. The zero-order chi connectivity index (χ0) is 28.7. The second-order valence-electron chi connectivity index (χ2n) is 10.9. The molecule has 4 aromatic rings. The summed E-state index contributed by atoms with van der Waals surface area (Å²) in [4.78, 5) is 24.8. The number of carbonyl (C=O) groups excluding carboxylic acids is 1. The Hall–Kier alpha value is -3.97. The van der Waals surface area contributed by atoms with Crippen molar-refractivity contribution < 1.29 is 14.3 Å². The molecule has 210 valence electrons. The van der Waals surface area contributed by atoms with Crippen molar-refractivity contribution >= 4 is 5.97 Å². The van der Waals surface area contributed by atoms with Gasteiger partial charge in [0.2, 0.25) is 0 Å². The van der Waals surface area contributed by atoms with Crippen LogP contribution in [-0.2, 0) is 52.4 Å². The van der Waals surface area contributed by atoms with E-state index < -0.39 is 0 Å². The molecule has 1 aromatic heterocycles. The van der Waals surface area contributed by atoms with Crippen molar-refractivity contribution in [3.8, 4) is 11.1 Å². The van der Waals surface area contributed by atoms with E-state index in [0.29, 0.717) is 32.1 Å². The van der Waals surface area contributed by atoms with E-state index in [1.807, 2.05) is 62.4 Å². The molecule has 0 radical (unpaired) electrons. The molecule has 7 heteroatoms. The van der Waals surface area contributed by atoms with Gasteiger partial charge in [-0.05, 0) is 52.6 Å². The summed E-state index contributed by atoms with van der Waals surface area (Å²) < 4.78 is 14.2. The molecule has 0 bridgehead atoms. The van der Waals surface area contributed by atoms with Crippen LogP contribution in [0.3, 0.4) is 0 Å². The molecule has 0 unspecified atom stereocenters. The topological polar surface area (TPSA) is 75.3 Å². The third-order valence-corrected chi connectivity index (χ3v) is 6.84. The Bertz CT molecular complexity index is 1480. The highest BCUT2D eigenvalue weighted by molar-refractivity contribution is 5.74. The summed E-state index contributed by atoms with van der Waals surface area (Å²) in [5.74, 6) is 0.397. The van der Waals surface area contributed by atoms with Crippen molar-refractivity contribution in [2.75, 3.05) is 6.61 Å². The molecule has 0 aliphatic carbocycles. The Kier molecular flexibility index (Phi) is 9.38. The van der Waals surface area contributed by atoms with Gasteiger partial charge in [0.05, 0.1) is 26.2 Å². The summed E-state index contributed by atoms with van der Waals surface area (Å²) in [5.41, 5.74) is 6.29. The van der Waals surface area contributed by atoms with E-state index in [-0.39, 0.29) is 30.1 Å². The second kappa shape index (κ2) is 12.9. The van der Waals surface area contributed by atoms with Crippen molar-refractivity contribution in [2.24, 2.45) is 0 Å². The molecule has 0 fully saturated rings. The molecule has 1 heterocycles. The van der Waals surface area contributed by atoms with Gasteiger partial charge in [0, 0.05) is 6.54 Å². The molecule has 0 saturated carbocycles. The van der Waals surface area contributed by atoms with E-state index in [1.54, 1.807) is 4.57 Å². The second-order valence-corrected chi connectivity index (χ2v) is 10.9. The monoisotopic (exact) mass is 541 g/mol. The molecule has 0 aliphatic heterocycles. The molecule has 7 nitrogen and oxygen atoms in total. The van der Waals surface area contributed by atoms with Crippen LogP contribution in [0.2, 0.25) is 0 Å². The van der Waals surface area contributed by atoms with E-state index in [9.17, 15) is 9.59 Å². The van der Waals surface area contributed by atoms with Gasteiger partial charge in [0.25, 0.3) is 0 Å².